The third kappa shape index (κ3) is 4.85. The van der Waals surface area contributed by atoms with Gasteiger partial charge in [-0.3, -0.25) is 9.59 Å². The third-order valence-electron chi connectivity index (χ3n) is 4.15. The summed E-state index contributed by atoms with van der Waals surface area (Å²) >= 11 is 0. The predicted molar refractivity (Wildman–Crippen MR) is 105 cm³/mol. The zero-order valence-electron chi connectivity index (χ0n) is 14.9. The van der Waals surface area contributed by atoms with Gasteiger partial charge in [0.1, 0.15) is 0 Å². The van der Waals surface area contributed by atoms with Crippen LogP contribution in [0.3, 0.4) is 0 Å². The van der Waals surface area contributed by atoms with Crippen LogP contribution in [0.4, 0.5) is 17.1 Å². The fourth-order valence-electron chi connectivity index (χ4n) is 2.75. The molecule has 1 heterocycles. The van der Waals surface area contributed by atoms with Crippen LogP contribution in [0.15, 0.2) is 53.4 Å². The normalized spacial score (nSPS) is 14.4. The van der Waals surface area contributed by atoms with E-state index in [1.165, 1.54) is 24.3 Å². The van der Waals surface area contributed by atoms with Crippen molar-refractivity contribution in [2.45, 2.75) is 4.90 Å². The summed E-state index contributed by atoms with van der Waals surface area (Å²) in [6.45, 7) is 2.57. The average Bonchev–Trinajstić information content (AvgIpc) is 2.69. The topological polar surface area (TPSA) is 131 Å². The van der Waals surface area contributed by atoms with Crippen LogP contribution in [-0.4, -0.2) is 46.5 Å². The molecule has 2 aromatic rings. The molecule has 0 saturated carbocycles. The summed E-state index contributed by atoms with van der Waals surface area (Å²) in [6, 6.07) is 12.4. The minimum Gasteiger partial charge on any atom is -0.378 e. The molecule has 0 spiro atoms. The van der Waals surface area contributed by atoms with E-state index in [1.54, 1.807) is 12.1 Å². The summed E-state index contributed by atoms with van der Waals surface area (Å²) in [5, 5.41) is 10.1. The van der Waals surface area contributed by atoms with E-state index in [0.29, 0.717) is 32.0 Å². The van der Waals surface area contributed by atoms with Crippen LogP contribution >= 0.6 is 0 Å². The lowest BCUT2D eigenvalue weighted by Crippen LogP contribution is -2.37. The summed E-state index contributed by atoms with van der Waals surface area (Å²) in [6.07, 6.45) is 0. The van der Waals surface area contributed by atoms with Gasteiger partial charge in [0.05, 0.1) is 29.5 Å². The van der Waals surface area contributed by atoms with Crippen LogP contribution in [0.1, 0.15) is 0 Å². The summed E-state index contributed by atoms with van der Waals surface area (Å²) < 4.78 is 27.8. The zero-order valence-corrected chi connectivity index (χ0v) is 15.7. The van der Waals surface area contributed by atoms with Crippen LogP contribution in [0.2, 0.25) is 0 Å². The van der Waals surface area contributed by atoms with E-state index in [-0.39, 0.29) is 10.6 Å². The van der Waals surface area contributed by atoms with Crippen molar-refractivity contribution in [1.82, 2.24) is 0 Å². The Bertz CT molecular complexity index is 970. The monoisotopic (exact) mass is 404 g/mol. The molecule has 0 unspecified atom stereocenters. The molecule has 10 heteroatoms. The van der Waals surface area contributed by atoms with Crippen LogP contribution in [0.5, 0.6) is 0 Å². The van der Waals surface area contributed by atoms with Crippen molar-refractivity contribution in [2.75, 3.05) is 41.8 Å². The second kappa shape index (κ2) is 8.38. The second-order valence-corrected chi connectivity index (χ2v) is 7.66. The first-order valence-electron chi connectivity index (χ1n) is 8.51. The molecular formula is C18H20N4O5S. The Morgan fingerprint density at radius 3 is 2.18 bits per heavy atom. The number of carbonyl (C=O) groups is 2. The molecule has 28 heavy (non-hydrogen) atoms. The lowest BCUT2D eigenvalue weighted by Gasteiger charge is -2.30. The highest BCUT2D eigenvalue weighted by atomic mass is 32.2. The van der Waals surface area contributed by atoms with Gasteiger partial charge in [-0.25, -0.2) is 13.6 Å². The number of hydrogen-bond donors (Lipinski definition) is 3. The van der Waals surface area contributed by atoms with Crippen molar-refractivity contribution in [2.24, 2.45) is 5.14 Å². The van der Waals surface area contributed by atoms with Crippen molar-refractivity contribution < 1.29 is 22.7 Å². The first-order chi connectivity index (χ1) is 13.3. The SMILES string of the molecule is NS(=O)(=O)c1ccc(NC(=O)C(=O)Nc2ccccc2N2CCOCC2)cc1. The number of morpholine rings is 1. The number of amides is 2. The van der Waals surface area contributed by atoms with Crippen LogP contribution < -0.4 is 20.7 Å². The standard InChI is InChI=1S/C18H20N4O5S/c19-28(25,26)14-7-5-13(6-8-14)20-17(23)18(24)21-15-3-1-2-4-16(15)22-9-11-27-12-10-22/h1-8H,9-12H2,(H,20,23)(H,21,24)(H2,19,25,26). The number of benzene rings is 2. The summed E-state index contributed by atoms with van der Waals surface area (Å²) in [4.78, 5) is 26.5. The predicted octanol–water partition coefficient (Wildman–Crippen LogP) is 0.748. The number of rotatable bonds is 4. The van der Waals surface area contributed by atoms with Gasteiger partial charge >= 0.3 is 11.8 Å². The summed E-state index contributed by atoms with van der Waals surface area (Å²) in [5.74, 6) is -1.71. The van der Waals surface area contributed by atoms with Crippen molar-refractivity contribution >= 4 is 38.9 Å². The Hall–Kier alpha value is -2.95. The van der Waals surface area contributed by atoms with E-state index in [4.69, 9.17) is 9.88 Å². The minimum atomic E-state index is -3.83. The van der Waals surface area contributed by atoms with E-state index < -0.39 is 21.8 Å². The van der Waals surface area contributed by atoms with Gasteiger partial charge in [0.25, 0.3) is 0 Å². The van der Waals surface area contributed by atoms with Gasteiger partial charge in [0, 0.05) is 18.8 Å². The first-order valence-corrected chi connectivity index (χ1v) is 10.1. The van der Waals surface area contributed by atoms with E-state index in [1.807, 2.05) is 12.1 Å². The van der Waals surface area contributed by atoms with Crippen molar-refractivity contribution in [1.29, 1.82) is 0 Å². The van der Waals surface area contributed by atoms with E-state index in [2.05, 4.69) is 15.5 Å². The molecule has 4 N–H and O–H groups in total. The number of para-hydroxylation sites is 2. The van der Waals surface area contributed by atoms with Gasteiger partial charge in [-0.1, -0.05) is 12.1 Å². The van der Waals surface area contributed by atoms with Crippen LogP contribution in [0, 0.1) is 0 Å². The van der Waals surface area contributed by atoms with E-state index in [9.17, 15) is 18.0 Å². The number of nitrogens with two attached hydrogens (primary N) is 1. The molecule has 2 aromatic carbocycles. The Kier molecular flexibility index (Phi) is 5.93. The van der Waals surface area contributed by atoms with Crippen LogP contribution in [-0.2, 0) is 24.3 Å². The molecule has 1 saturated heterocycles. The van der Waals surface area contributed by atoms with Gasteiger partial charge in [-0.05, 0) is 36.4 Å². The van der Waals surface area contributed by atoms with Gasteiger partial charge in [0.15, 0.2) is 0 Å². The number of nitrogens with zero attached hydrogens (tertiary/aromatic N) is 1. The number of carbonyl (C=O) groups excluding carboxylic acids is 2. The van der Waals surface area contributed by atoms with Crippen molar-refractivity contribution in [3.8, 4) is 0 Å². The fourth-order valence-corrected chi connectivity index (χ4v) is 3.27. The molecular weight excluding hydrogens is 384 g/mol. The Labute approximate surface area is 162 Å². The highest BCUT2D eigenvalue weighted by molar-refractivity contribution is 7.89. The highest BCUT2D eigenvalue weighted by Crippen LogP contribution is 2.26. The number of ether oxygens (including phenoxy) is 1. The van der Waals surface area contributed by atoms with Crippen LogP contribution in [0.25, 0.3) is 0 Å². The molecule has 1 aliphatic heterocycles. The molecule has 148 valence electrons. The summed E-state index contributed by atoms with van der Waals surface area (Å²) in [5.41, 5.74) is 1.60. The maximum Gasteiger partial charge on any atom is 0.314 e. The number of primary sulfonamides is 1. The molecule has 1 fully saturated rings. The quantitative estimate of drug-likeness (QED) is 0.645. The molecule has 9 nitrogen and oxygen atoms in total. The van der Waals surface area contributed by atoms with Gasteiger partial charge in [-0.2, -0.15) is 0 Å². The molecule has 1 aliphatic rings. The van der Waals surface area contributed by atoms with Crippen molar-refractivity contribution in [3.05, 3.63) is 48.5 Å². The average molecular weight is 404 g/mol. The first kappa shape index (κ1) is 19.8. The Morgan fingerprint density at radius 2 is 1.54 bits per heavy atom. The second-order valence-electron chi connectivity index (χ2n) is 6.09. The highest BCUT2D eigenvalue weighted by Gasteiger charge is 2.19. The smallest absolute Gasteiger partial charge is 0.314 e. The molecule has 0 aromatic heterocycles. The van der Waals surface area contributed by atoms with Gasteiger partial charge < -0.3 is 20.3 Å². The maximum atomic E-state index is 12.3. The molecule has 0 bridgehead atoms. The van der Waals surface area contributed by atoms with Gasteiger partial charge in [-0.15, -0.1) is 0 Å². The van der Waals surface area contributed by atoms with Gasteiger partial charge in [0.2, 0.25) is 10.0 Å². The molecule has 3 rings (SSSR count). The molecule has 0 atom stereocenters. The zero-order chi connectivity index (χ0) is 20.1. The van der Waals surface area contributed by atoms with Crippen molar-refractivity contribution in [3.63, 3.8) is 0 Å². The van der Waals surface area contributed by atoms with E-state index >= 15 is 0 Å². The number of hydrogen-bond acceptors (Lipinski definition) is 6. The minimum absolute atomic E-state index is 0.0885. The Morgan fingerprint density at radius 1 is 0.929 bits per heavy atom. The Balaban J connectivity index is 1.67. The van der Waals surface area contributed by atoms with E-state index in [0.717, 1.165) is 5.69 Å². The third-order valence-corrected chi connectivity index (χ3v) is 5.08. The number of anilines is 3. The summed E-state index contributed by atoms with van der Waals surface area (Å²) in [7, 11) is -3.83. The molecule has 0 radical (unpaired) electrons. The number of nitrogens with one attached hydrogen (secondary N) is 2. The number of sulfonamides is 1. The largest absolute Gasteiger partial charge is 0.378 e. The fraction of sp³-hybridized carbons (Fsp3) is 0.222. The lowest BCUT2D eigenvalue weighted by molar-refractivity contribution is -0.132. The lowest BCUT2D eigenvalue weighted by atomic mass is 10.2. The molecule has 2 amide bonds. The maximum absolute atomic E-state index is 12.3. The molecule has 0 aliphatic carbocycles.